The van der Waals surface area contributed by atoms with Crippen LogP contribution < -0.4 is 20.3 Å². The second kappa shape index (κ2) is 45.8. The third-order valence-electron chi connectivity index (χ3n) is 7.13. The number of hydrogen-bond donors (Lipinski definition) is 4. The van der Waals surface area contributed by atoms with E-state index in [9.17, 15) is 44.1 Å². The van der Waals surface area contributed by atoms with E-state index in [2.05, 4.69) is 112 Å². The maximum Gasteiger partial charge on any atom is 2.00 e. The van der Waals surface area contributed by atoms with E-state index in [-0.39, 0.29) is 28.6 Å². The minimum absolute atomic E-state index is 0. The molecule has 0 fully saturated rings. The zero-order valence-corrected chi connectivity index (χ0v) is 45.1. The van der Waals surface area contributed by atoms with E-state index in [0.29, 0.717) is 0 Å². The van der Waals surface area contributed by atoms with Crippen LogP contribution >= 0.6 is 32.3 Å². The molecule has 370 valence electrons. The quantitative estimate of drug-likeness (QED) is 0.0468. The van der Waals surface area contributed by atoms with Gasteiger partial charge in [-0.1, -0.05) is 67.5 Å². The van der Waals surface area contributed by atoms with Crippen LogP contribution in [0.15, 0.2) is 36.4 Å². The SMILES string of the molecule is CC(C)=O.CC(C)=O.CCC[PH+](CCC)Nc1cccc(N[PH+](CCC)CCC)n1.CCC[PH+](CCC)Nc1cccc(N[PH+](CCC)CCC)n1.F[B-](F)(F)F.F[B-](F)(F)F.[Fe+2]. The Labute approximate surface area is 391 Å². The third kappa shape index (κ3) is 60.6. The van der Waals surface area contributed by atoms with Crippen molar-refractivity contribution in [3.8, 4) is 0 Å². The summed E-state index contributed by atoms with van der Waals surface area (Å²) in [6, 6.07) is 12.7. The van der Waals surface area contributed by atoms with Gasteiger partial charge in [0.2, 0.25) is 0 Å². The number of anilines is 4. The zero-order chi connectivity index (χ0) is 48.6. The van der Waals surface area contributed by atoms with Crippen LogP contribution in [-0.4, -0.2) is 85.3 Å². The summed E-state index contributed by atoms with van der Waals surface area (Å²) in [5.74, 6) is 4.59. The molecule has 0 atom stereocenters. The fourth-order valence-electron chi connectivity index (χ4n) is 5.29. The van der Waals surface area contributed by atoms with Crippen molar-refractivity contribution in [3.63, 3.8) is 0 Å². The summed E-state index contributed by atoms with van der Waals surface area (Å²) in [5.41, 5.74) is 0. The molecular weight excluding hydrogens is 950 g/mol. The second-order valence-electron chi connectivity index (χ2n) is 14.5. The minimum Gasteiger partial charge on any atom is -0.418 e. The monoisotopic (exact) mass is 1030 g/mol. The first kappa shape index (κ1) is 70.7. The summed E-state index contributed by atoms with van der Waals surface area (Å²) in [7, 11) is -14.0. The Balaban J connectivity index is -0.000000254. The zero-order valence-electron chi connectivity index (χ0n) is 40.0. The Morgan fingerprint density at radius 1 is 0.413 bits per heavy atom. The number of halogens is 8. The van der Waals surface area contributed by atoms with Gasteiger partial charge >= 0.3 is 31.6 Å². The van der Waals surface area contributed by atoms with Gasteiger partial charge in [-0.15, -0.1) is 0 Å². The summed E-state index contributed by atoms with van der Waals surface area (Å²) in [5, 5.41) is 14.9. The van der Waals surface area contributed by atoms with E-state index in [1.54, 1.807) is 0 Å². The van der Waals surface area contributed by atoms with Crippen LogP contribution in [0.3, 0.4) is 0 Å². The molecule has 0 saturated carbocycles. The summed E-state index contributed by atoms with van der Waals surface area (Å²) < 4.78 is 78.0. The number of ketones is 2. The topological polar surface area (TPSA) is 108 Å². The molecule has 0 aliphatic carbocycles. The van der Waals surface area contributed by atoms with Gasteiger partial charge in [0.05, 0.1) is 81.6 Å². The fourth-order valence-corrected chi connectivity index (χ4v) is 14.1. The number of rotatable bonds is 24. The molecule has 0 radical (unpaired) electrons. The number of nitrogens with zero attached hydrogens (tertiary/aromatic N) is 2. The van der Waals surface area contributed by atoms with Gasteiger partial charge < -0.3 is 44.1 Å². The molecule has 2 rings (SSSR count). The van der Waals surface area contributed by atoms with Gasteiger partial charge in [-0.2, -0.15) is 0 Å². The van der Waals surface area contributed by atoms with Crippen LogP contribution in [0.1, 0.15) is 134 Å². The number of Topliss-reactive ketones (excluding diaryl/α,β-unsaturated/α-hetero) is 2. The molecule has 0 aliphatic heterocycles. The molecule has 2 aromatic rings. The van der Waals surface area contributed by atoms with E-state index in [0.717, 1.165) is 23.3 Å². The number of pyridine rings is 2. The van der Waals surface area contributed by atoms with Gasteiger partial charge in [-0.3, -0.25) is 0 Å². The smallest absolute Gasteiger partial charge is 0.418 e. The summed E-state index contributed by atoms with van der Waals surface area (Å²) in [6.07, 6.45) is 20.7. The molecule has 0 aliphatic rings. The van der Waals surface area contributed by atoms with Crippen LogP contribution in [0.25, 0.3) is 0 Å². The van der Waals surface area contributed by atoms with Crippen molar-refractivity contribution in [2.24, 2.45) is 0 Å². The predicted octanol–water partition coefficient (Wildman–Crippen LogP) is 15.4. The molecule has 0 saturated heterocycles. The minimum atomic E-state index is -6.00. The van der Waals surface area contributed by atoms with E-state index >= 15 is 0 Å². The van der Waals surface area contributed by atoms with Crippen LogP contribution in [0.5, 0.6) is 0 Å². The van der Waals surface area contributed by atoms with E-state index in [1.807, 2.05) is 0 Å². The Bertz CT molecular complexity index is 1160. The molecule has 23 heteroatoms. The Morgan fingerprint density at radius 3 is 0.651 bits per heavy atom. The van der Waals surface area contributed by atoms with E-state index in [4.69, 9.17) is 9.97 Å². The molecular formula is C40H82B2F8FeN6O2P4+4. The molecule has 63 heavy (non-hydrogen) atoms. The number of nitrogens with one attached hydrogen (secondary N) is 4. The van der Waals surface area contributed by atoms with Gasteiger partial charge in [-0.25, -0.2) is 30.3 Å². The van der Waals surface area contributed by atoms with Crippen molar-refractivity contribution >= 4 is 81.6 Å². The third-order valence-corrected chi connectivity index (χ3v) is 18.4. The molecule has 0 aromatic carbocycles. The first-order valence-corrected chi connectivity index (χ1v) is 29.7. The maximum absolute atomic E-state index is 9.75. The van der Waals surface area contributed by atoms with Crippen LogP contribution in [0.4, 0.5) is 57.8 Å². The molecule has 4 N–H and O–H groups in total. The average molecular weight is 1030 g/mol. The van der Waals surface area contributed by atoms with Crippen LogP contribution in [-0.2, 0) is 26.7 Å². The summed E-state index contributed by atoms with van der Waals surface area (Å²) in [6.45, 7) is 24.3. The second-order valence-corrected chi connectivity index (χ2v) is 24.4. The largest absolute Gasteiger partial charge is 2.00 e. The number of carbonyl (C=O) groups is 2. The molecule has 2 heterocycles. The van der Waals surface area contributed by atoms with Crippen molar-refractivity contribution in [2.75, 3.05) is 69.6 Å². The molecule has 0 spiro atoms. The molecule has 0 bridgehead atoms. The summed E-state index contributed by atoms with van der Waals surface area (Å²) >= 11 is 0. The van der Waals surface area contributed by atoms with Crippen molar-refractivity contribution < 1.29 is 61.2 Å². The van der Waals surface area contributed by atoms with Crippen molar-refractivity contribution in [3.05, 3.63) is 36.4 Å². The van der Waals surface area contributed by atoms with Crippen molar-refractivity contribution in [1.29, 1.82) is 0 Å². The first-order valence-electron chi connectivity index (χ1n) is 22.0. The number of carbonyl (C=O) groups excluding carboxylic acids is 2. The first-order chi connectivity index (χ1) is 28.9. The normalized spacial score (nSPS) is 10.5. The molecule has 0 amide bonds. The standard InChI is InChI=1S/2C17H33N3P2.2C3H6O.2BF4.Fe/c2*1-5-12-21(13-6-2)19-16-10-9-11-17(18-16)20-22(14-7-3)15-8-4;2*1-3(2)4;2*2-1(3,4)5;/h2*9-11H,5-8,12-15H2,1-4H3,(H2,18,19,20);2*1-2H3;;;/q;;;;2*-1;+2/p+4. The van der Waals surface area contributed by atoms with Crippen LogP contribution in [0.2, 0.25) is 0 Å². The molecule has 8 nitrogen and oxygen atoms in total. The van der Waals surface area contributed by atoms with Gasteiger partial charge in [0.1, 0.15) is 11.6 Å². The van der Waals surface area contributed by atoms with Crippen molar-refractivity contribution in [2.45, 2.75) is 134 Å². The number of aromatic nitrogens is 2. The van der Waals surface area contributed by atoms with Crippen LogP contribution in [0, 0.1) is 0 Å². The van der Waals surface area contributed by atoms with E-state index in [1.165, 1.54) is 128 Å². The number of hydrogen-bond acceptors (Lipinski definition) is 8. The van der Waals surface area contributed by atoms with Gasteiger partial charge in [0.25, 0.3) is 0 Å². The fraction of sp³-hybridized carbons (Fsp3) is 0.700. The summed E-state index contributed by atoms with van der Waals surface area (Å²) in [4.78, 5) is 28.5. The predicted molar refractivity (Wildman–Crippen MR) is 271 cm³/mol. The Morgan fingerprint density at radius 2 is 0.540 bits per heavy atom. The van der Waals surface area contributed by atoms with Gasteiger partial charge in [0, 0.05) is 0 Å². The van der Waals surface area contributed by atoms with Gasteiger partial charge in [0.15, 0.2) is 23.3 Å². The van der Waals surface area contributed by atoms with Gasteiger partial charge in [-0.05, 0) is 103 Å². The molecule has 2 aromatic heterocycles. The Hall–Kier alpha value is -1.35. The average Bonchev–Trinajstić information content (AvgIpc) is 3.11. The van der Waals surface area contributed by atoms with Crippen molar-refractivity contribution in [1.82, 2.24) is 9.97 Å². The maximum atomic E-state index is 9.75. The Kier molecular flexibility index (Phi) is 51.4. The van der Waals surface area contributed by atoms with E-state index < -0.39 is 46.8 Å². The molecule has 0 unspecified atom stereocenters.